The van der Waals surface area contributed by atoms with E-state index < -0.39 is 0 Å². The van der Waals surface area contributed by atoms with Crippen LogP contribution in [-0.2, 0) is 0 Å². The van der Waals surface area contributed by atoms with E-state index in [-0.39, 0.29) is 0 Å². The maximum absolute atomic E-state index is 5.14. The molecule has 0 amide bonds. The van der Waals surface area contributed by atoms with E-state index in [0.717, 1.165) is 66.2 Å². The molecule has 0 N–H and O–H groups in total. The molecule has 0 unspecified atom stereocenters. The Kier molecular flexibility index (Phi) is 9.65. The van der Waals surface area contributed by atoms with Crippen molar-refractivity contribution >= 4 is 34.5 Å². The number of allylic oxidation sites excluding steroid dienone is 2. The smallest absolute Gasteiger partial charge is 0.145 e. The van der Waals surface area contributed by atoms with Crippen LogP contribution in [0.1, 0.15) is 6.92 Å². The Hall–Kier alpha value is -7.81. The third-order valence-electron chi connectivity index (χ3n) is 11.5. The minimum absolute atomic E-state index is 0.918. The van der Waals surface area contributed by atoms with E-state index in [0.29, 0.717) is 0 Å². The molecule has 0 spiro atoms. The van der Waals surface area contributed by atoms with Crippen molar-refractivity contribution in [3.63, 3.8) is 0 Å². The fraction of sp³-hybridized carbons (Fsp3) is 0.0172. The molecule has 2 nitrogen and oxygen atoms in total. The van der Waals surface area contributed by atoms with Crippen LogP contribution in [0, 0.1) is 0 Å². The van der Waals surface area contributed by atoms with Crippen LogP contribution in [0.5, 0.6) is 0 Å². The predicted octanol–water partition coefficient (Wildman–Crippen LogP) is 13.9. The fourth-order valence-electron chi connectivity index (χ4n) is 8.73. The van der Waals surface area contributed by atoms with Crippen molar-refractivity contribution in [3.8, 4) is 72.7 Å². The maximum atomic E-state index is 5.14. The van der Waals surface area contributed by atoms with Crippen LogP contribution < -0.4 is 10.4 Å². The molecule has 0 bridgehead atoms. The summed E-state index contributed by atoms with van der Waals surface area (Å²) in [6.07, 6.45) is 6.48. The van der Waals surface area contributed by atoms with Crippen LogP contribution in [-0.4, -0.2) is 9.55 Å². The maximum Gasteiger partial charge on any atom is 0.145 e. The molecule has 1 heterocycles. The number of aromatic nitrogens is 2. The highest BCUT2D eigenvalue weighted by Crippen LogP contribution is 2.41. The Bertz CT molecular complexity index is 3300. The molecule has 2 heteroatoms. The summed E-state index contributed by atoms with van der Waals surface area (Å²) in [7, 11) is 0. The van der Waals surface area contributed by atoms with Gasteiger partial charge in [0.2, 0.25) is 0 Å². The molecule has 0 atom stereocenters. The number of rotatable bonds is 8. The summed E-state index contributed by atoms with van der Waals surface area (Å²) in [5, 5.41) is 4.44. The van der Waals surface area contributed by atoms with Gasteiger partial charge in [0.05, 0.1) is 11.0 Å². The van der Waals surface area contributed by atoms with Gasteiger partial charge in [-0.25, -0.2) is 4.98 Å². The number of benzene rings is 9. The quantitative estimate of drug-likeness (QED) is 0.151. The third kappa shape index (κ3) is 6.55. The summed E-state index contributed by atoms with van der Waals surface area (Å²) in [6, 6.07) is 73.6. The molecule has 0 saturated heterocycles. The van der Waals surface area contributed by atoms with E-state index in [9.17, 15) is 0 Å². The number of para-hydroxylation sites is 3. The van der Waals surface area contributed by atoms with Gasteiger partial charge in [-0.3, -0.25) is 4.57 Å². The van der Waals surface area contributed by atoms with Gasteiger partial charge in [0.1, 0.15) is 5.82 Å². The molecule has 284 valence electrons. The summed E-state index contributed by atoms with van der Waals surface area (Å²) in [4.78, 5) is 5.14. The van der Waals surface area contributed by atoms with E-state index in [2.05, 4.69) is 236 Å². The highest BCUT2D eigenvalue weighted by Gasteiger charge is 2.20. The molecule has 9 aromatic carbocycles. The van der Waals surface area contributed by atoms with Gasteiger partial charge in [-0.05, 0) is 114 Å². The van der Waals surface area contributed by atoms with Crippen molar-refractivity contribution in [2.75, 3.05) is 0 Å². The van der Waals surface area contributed by atoms with E-state index in [1.54, 1.807) is 0 Å². The van der Waals surface area contributed by atoms with Crippen molar-refractivity contribution in [1.29, 1.82) is 0 Å². The largest absolute Gasteiger partial charge is 0.292 e. The van der Waals surface area contributed by atoms with Gasteiger partial charge < -0.3 is 0 Å². The molecule has 0 aliphatic rings. The van der Waals surface area contributed by atoms with Crippen molar-refractivity contribution in [3.05, 3.63) is 229 Å². The summed E-state index contributed by atoms with van der Waals surface area (Å²) >= 11 is 0. The number of hydrogen-bond acceptors (Lipinski definition) is 1. The molecule has 0 aliphatic carbocycles. The molecule has 0 fully saturated rings. The third-order valence-corrected chi connectivity index (χ3v) is 11.5. The van der Waals surface area contributed by atoms with Crippen LogP contribution in [0.3, 0.4) is 0 Å². The highest BCUT2D eigenvalue weighted by molar-refractivity contribution is 6.10. The first kappa shape index (κ1) is 36.5. The zero-order chi connectivity index (χ0) is 40.4. The summed E-state index contributed by atoms with van der Waals surface area (Å²) < 4.78 is 2.25. The number of hydrogen-bond donors (Lipinski definition) is 0. The Balaban J connectivity index is 1.23. The number of fused-ring (bicyclic) bond motifs is 2. The standard InChI is InChI=1S/C58H42N2/c1-3-4-26-47-40(2)56(50-29-16-14-27-48(50)42-20-8-5-9-21-42)52-38-37-45(39-53(52)57(47)51-30-17-15-28-49(51)43-22-10-6-11-23-43)41-33-35-44(36-34-41)58-59-54-31-18-19-32-55(54)60(58)46-24-12-7-13-25-46/h3-39H,2H2,1H3/b4-3-,47-26+. The van der Waals surface area contributed by atoms with Crippen LogP contribution in [0.2, 0.25) is 0 Å². The zero-order valence-electron chi connectivity index (χ0n) is 33.5. The molecular formula is C58H42N2. The van der Waals surface area contributed by atoms with Gasteiger partial charge in [-0.1, -0.05) is 201 Å². The fourth-order valence-corrected chi connectivity index (χ4v) is 8.73. The molecule has 10 aromatic rings. The Morgan fingerprint density at radius 1 is 0.450 bits per heavy atom. The average Bonchev–Trinajstić information content (AvgIpc) is 3.71. The van der Waals surface area contributed by atoms with Crippen molar-refractivity contribution < 1.29 is 0 Å². The second-order valence-corrected chi connectivity index (χ2v) is 15.1. The first-order valence-corrected chi connectivity index (χ1v) is 20.5. The molecule has 0 aliphatic heterocycles. The van der Waals surface area contributed by atoms with Gasteiger partial charge in [-0.2, -0.15) is 0 Å². The van der Waals surface area contributed by atoms with E-state index in [1.807, 2.05) is 0 Å². The van der Waals surface area contributed by atoms with Crippen LogP contribution in [0.4, 0.5) is 0 Å². The zero-order valence-corrected chi connectivity index (χ0v) is 33.5. The molecule has 10 rings (SSSR count). The van der Waals surface area contributed by atoms with E-state index in [1.165, 1.54) is 38.8 Å². The van der Waals surface area contributed by atoms with Gasteiger partial charge in [-0.15, -0.1) is 0 Å². The summed E-state index contributed by atoms with van der Waals surface area (Å²) in [5.74, 6) is 0.918. The second kappa shape index (κ2) is 15.9. The van der Waals surface area contributed by atoms with Crippen LogP contribution in [0.25, 0.3) is 107 Å². The Labute approximate surface area is 351 Å². The average molecular weight is 767 g/mol. The normalized spacial score (nSPS) is 11.8. The van der Waals surface area contributed by atoms with E-state index in [4.69, 9.17) is 11.6 Å². The Morgan fingerprint density at radius 3 is 1.60 bits per heavy atom. The number of imidazole rings is 1. The predicted molar refractivity (Wildman–Crippen MR) is 255 cm³/mol. The molecule has 0 radical (unpaired) electrons. The summed E-state index contributed by atoms with van der Waals surface area (Å²) in [6.45, 7) is 6.98. The molecular weight excluding hydrogens is 725 g/mol. The minimum atomic E-state index is 0.918. The molecule has 60 heavy (non-hydrogen) atoms. The lowest BCUT2D eigenvalue weighted by Gasteiger charge is -2.20. The lowest BCUT2D eigenvalue weighted by molar-refractivity contribution is 1.10. The second-order valence-electron chi connectivity index (χ2n) is 15.1. The first-order valence-electron chi connectivity index (χ1n) is 20.5. The van der Waals surface area contributed by atoms with Gasteiger partial charge in [0.15, 0.2) is 0 Å². The Morgan fingerprint density at radius 2 is 0.967 bits per heavy atom. The van der Waals surface area contributed by atoms with Crippen molar-refractivity contribution in [2.24, 2.45) is 0 Å². The van der Waals surface area contributed by atoms with E-state index >= 15 is 0 Å². The lowest BCUT2D eigenvalue weighted by atomic mass is 9.83. The topological polar surface area (TPSA) is 17.8 Å². The monoisotopic (exact) mass is 766 g/mol. The van der Waals surface area contributed by atoms with Crippen molar-refractivity contribution in [1.82, 2.24) is 9.55 Å². The minimum Gasteiger partial charge on any atom is -0.292 e. The van der Waals surface area contributed by atoms with Gasteiger partial charge in [0.25, 0.3) is 0 Å². The van der Waals surface area contributed by atoms with Crippen molar-refractivity contribution in [2.45, 2.75) is 6.92 Å². The molecule has 1 aromatic heterocycles. The highest BCUT2D eigenvalue weighted by atomic mass is 15.1. The lowest BCUT2D eigenvalue weighted by Crippen LogP contribution is -2.28. The van der Waals surface area contributed by atoms with Gasteiger partial charge >= 0.3 is 0 Å². The number of nitrogens with zero attached hydrogens (tertiary/aromatic N) is 2. The summed E-state index contributed by atoms with van der Waals surface area (Å²) in [5.41, 5.74) is 15.8. The van der Waals surface area contributed by atoms with Crippen LogP contribution >= 0.6 is 0 Å². The SMILES string of the molecule is C=c1c(-c2ccccc2-c2ccccc2)c2ccc(-c3ccc(-c4nc5ccccc5n4-c4ccccc4)cc3)cc2c(-c2ccccc2-c2ccccc2)/c1=C/C=C\C. The molecule has 0 saturated carbocycles. The first-order chi connectivity index (χ1) is 29.7. The van der Waals surface area contributed by atoms with Gasteiger partial charge in [0, 0.05) is 11.3 Å². The van der Waals surface area contributed by atoms with Crippen LogP contribution in [0.15, 0.2) is 218 Å².